The van der Waals surface area contributed by atoms with Crippen LogP contribution in [0.1, 0.15) is 40.0 Å². The summed E-state index contributed by atoms with van der Waals surface area (Å²) in [6, 6.07) is 0.266. The molecule has 1 amide bonds. The monoisotopic (exact) mass is 308 g/mol. The van der Waals surface area contributed by atoms with E-state index in [1.165, 1.54) is 6.42 Å². The van der Waals surface area contributed by atoms with E-state index in [0.29, 0.717) is 17.6 Å². The van der Waals surface area contributed by atoms with Crippen molar-refractivity contribution in [2.45, 2.75) is 46.1 Å². The van der Waals surface area contributed by atoms with Gasteiger partial charge in [-0.1, -0.05) is 13.8 Å². The van der Waals surface area contributed by atoms with Gasteiger partial charge in [-0.25, -0.2) is 0 Å². The molecule has 0 aromatic carbocycles. The number of rotatable bonds is 6. The van der Waals surface area contributed by atoms with Crippen LogP contribution in [0.5, 0.6) is 0 Å². The average Bonchev–Trinajstić information content (AvgIpc) is 2.34. The Morgan fingerprint density at radius 1 is 1.32 bits per heavy atom. The maximum Gasteiger partial charge on any atom is 0.232 e. The van der Waals surface area contributed by atoms with Crippen molar-refractivity contribution in [3.8, 4) is 0 Å². The van der Waals surface area contributed by atoms with Crippen molar-refractivity contribution in [3.05, 3.63) is 0 Å². The van der Waals surface area contributed by atoms with Gasteiger partial charge in [-0.3, -0.25) is 4.79 Å². The first-order chi connectivity index (χ1) is 8.50. The highest BCUT2D eigenvalue weighted by molar-refractivity contribution is 7.99. The highest BCUT2D eigenvalue weighted by Gasteiger charge is 2.24. The number of carbonyl (C=O) groups excluding carboxylic acids is 1. The molecule has 1 unspecified atom stereocenters. The fourth-order valence-electron chi connectivity index (χ4n) is 2.24. The number of thioether (sulfide) groups is 1. The van der Waals surface area contributed by atoms with Crippen LogP contribution in [0.4, 0.5) is 0 Å². The third kappa shape index (κ3) is 7.42. The van der Waals surface area contributed by atoms with Gasteiger partial charge in [-0.05, 0) is 43.8 Å². The summed E-state index contributed by atoms with van der Waals surface area (Å²) >= 11 is 1.77. The minimum absolute atomic E-state index is 0. The molecule has 0 saturated carbocycles. The van der Waals surface area contributed by atoms with Crippen LogP contribution in [0.3, 0.4) is 0 Å². The first-order valence-corrected chi connectivity index (χ1v) is 8.27. The molecule has 0 spiro atoms. The van der Waals surface area contributed by atoms with Crippen molar-refractivity contribution in [1.29, 1.82) is 0 Å². The summed E-state index contributed by atoms with van der Waals surface area (Å²) in [5.74, 6) is 3.39. The van der Waals surface area contributed by atoms with Gasteiger partial charge in [0.15, 0.2) is 0 Å². The lowest BCUT2D eigenvalue weighted by Crippen LogP contribution is -2.43. The molecule has 1 saturated heterocycles. The zero-order chi connectivity index (χ0) is 13.5. The van der Waals surface area contributed by atoms with Crippen LogP contribution in [0.25, 0.3) is 0 Å². The maximum atomic E-state index is 12.0. The molecular weight excluding hydrogens is 280 g/mol. The van der Waals surface area contributed by atoms with Crippen LogP contribution in [-0.2, 0) is 4.79 Å². The van der Waals surface area contributed by atoms with Gasteiger partial charge < -0.3 is 10.6 Å². The zero-order valence-electron chi connectivity index (χ0n) is 12.4. The Hall–Kier alpha value is 0.0700. The molecule has 0 radical (unpaired) electrons. The molecule has 19 heavy (non-hydrogen) atoms. The average molecular weight is 309 g/mol. The maximum absolute atomic E-state index is 12.0. The number of nitrogens with zero attached hydrogens (tertiary/aromatic N) is 1. The van der Waals surface area contributed by atoms with E-state index in [0.717, 1.165) is 37.6 Å². The first kappa shape index (κ1) is 19.1. The van der Waals surface area contributed by atoms with E-state index in [-0.39, 0.29) is 18.4 Å². The fraction of sp³-hybridized carbons (Fsp3) is 0.929. The Balaban J connectivity index is 0.00000324. The van der Waals surface area contributed by atoms with Gasteiger partial charge >= 0.3 is 0 Å². The topological polar surface area (TPSA) is 46.3 Å². The molecule has 2 N–H and O–H groups in total. The molecule has 0 bridgehead atoms. The number of carbonyl (C=O) groups is 1. The van der Waals surface area contributed by atoms with Gasteiger partial charge in [-0.2, -0.15) is 11.8 Å². The zero-order valence-corrected chi connectivity index (χ0v) is 14.1. The first-order valence-electron chi connectivity index (χ1n) is 7.11. The molecule has 114 valence electrons. The Kier molecular flexibility index (Phi) is 9.93. The third-order valence-corrected chi connectivity index (χ3v) is 4.68. The molecule has 3 nitrogen and oxygen atoms in total. The van der Waals surface area contributed by atoms with Gasteiger partial charge in [0.05, 0.1) is 5.75 Å². The number of hydrogen-bond donors (Lipinski definition) is 1. The van der Waals surface area contributed by atoms with E-state index >= 15 is 0 Å². The largest absolute Gasteiger partial charge is 0.342 e. The SMILES string of the molecule is CC(C)CCSCC(=O)N1CCC(C(C)N)CC1.Cl. The second-order valence-corrected chi connectivity index (χ2v) is 6.92. The highest BCUT2D eigenvalue weighted by Crippen LogP contribution is 2.20. The van der Waals surface area contributed by atoms with Crippen LogP contribution >= 0.6 is 24.2 Å². The lowest BCUT2D eigenvalue weighted by Gasteiger charge is -2.33. The van der Waals surface area contributed by atoms with E-state index in [2.05, 4.69) is 20.8 Å². The standard InChI is InChI=1S/C14H28N2OS.ClH/c1-11(2)6-9-18-10-14(17)16-7-4-13(5-8-16)12(3)15;/h11-13H,4-10,15H2,1-3H3;1H. The molecule has 0 aliphatic carbocycles. The Morgan fingerprint density at radius 3 is 2.37 bits per heavy atom. The second-order valence-electron chi connectivity index (χ2n) is 5.81. The lowest BCUT2D eigenvalue weighted by molar-refractivity contribution is -0.129. The number of piperidine rings is 1. The lowest BCUT2D eigenvalue weighted by atomic mass is 9.91. The van der Waals surface area contributed by atoms with Crippen LogP contribution < -0.4 is 5.73 Å². The van der Waals surface area contributed by atoms with Crippen LogP contribution in [0.15, 0.2) is 0 Å². The highest BCUT2D eigenvalue weighted by atomic mass is 35.5. The van der Waals surface area contributed by atoms with Gasteiger partial charge in [0, 0.05) is 19.1 Å². The smallest absolute Gasteiger partial charge is 0.232 e. The summed E-state index contributed by atoms with van der Waals surface area (Å²) in [4.78, 5) is 14.0. The van der Waals surface area contributed by atoms with Crippen LogP contribution in [0.2, 0.25) is 0 Å². The van der Waals surface area contributed by atoms with Crippen molar-refractivity contribution in [3.63, 3.8) is 0 Å². The molecule has 1 aliphatic rings. The number of hydrogen-bond acceptors (Lipinski definition) is 3. The molecule has 0 aromatic heterocycles. The molecule has 1 heterocycles. The normalized spacial score (nSPS) is 18.3. The Labute approximate surface area is 128 Å². The van der Waals surface area contributed by atoms with E-state index in [9.17, 15) is 4.79 Å². The number of likely N-dealkylation sites (tertiary alicyclic amines) is 1. The molecule has 1 atom stereocenters. The summed E-state index contributed by atoms with van der Waals surface area (Å²) in [5, 5.41) is 0. The second kappa shape index (κ2) is 9.89. The van der Waals surface area contributed by atoms with Gasteiger partial charge in [0.2, 0.25) is 5.91 Å². The van der Waals surface area contributed by atoms with E-state index in [4.69, 9.17) is 5.73 Å². The van der Waals surface area contributed by atoms with E-state index in [1.807, 2.05) is 4.90 Å². The Morgan fingerprint density at radius 2 is 1.89 bits per heavy atom. The summed E-state index contributed by atoms with van der Waals surface area (Å²) in [7, 11) is 0. The van der Waals surface area contributed by atoms with Gasteiger partial charge in [0.1, 0.15) is 0 Å². The number of nitrogens with two attached hydrogens (primary N) is 1. The molecule has 5 heteroatoms. The van der Waals surface area contributed by atoms with Crippen molar-refractivity contribution >= 4 is 30.1 Å². The summed E-state index contributed by atoms with van der Waals surface area (Å²) in [5.41, 5.74) is 5.91. The predicted octanol–water partition coefficient (Wildman–Crippen LogP) is 2.77. The minimum Gasteiger partial charge on any atom is -0.342 e. The fourth-order valence-corrected chi connectivity index (χ4v) is 3.38. The van der Waals surface area contributed by atoms with Gasteiger partial charge in [-0.15, -0.1) is 12.4 Å². The quantitative estimate of drug-likeness (QED) is 0.768. The van der Waals surface area contributed by atoms with Crippen molar-refractivity contribution in [1.82, 2.24) is 4.90 Å². The molecule has 1 fully saturated rings. The Bertz CT molecular complexity index is 254. The van der Waals surface area contributed by atoms with Crippen molar-refractivity contribution < 1.29 is 4.79 Å². The molecular formula is C14H29ClN2OS. The van der Waals surface area contributed by atoms with E-state index < -0.39 is 0 Å². The molecule has 0 aromatic rings. The summed E-state index contributed by atoms with van der Waals surface area (Å²) in [6.45, 7) is 8.32. The summed E-state index contributed by atoms with van der Waals surface area (Å²) in [6.07, 6.45) is 3.34. The van der Waals surface area contributed by atoms with Gasteiger partial charge in [0.25, 0.3) is 0 Å². The van der Waals surface area contributed by atoms with Crippen LogP contribution in [-0.4, -0.2) is 41.4 Å². The summed E-state index contributed by atoms with van der Waals surface area (Å²) < 4.78 is 0. The van der Waals surface area contributed by atoms with E-state index in [1.54, 1.807) is 11.8 Å². The van der Waals surface area contributed by atoms with Crippen LogP contribution in [0, 0.1) is 11.8 Å². The van der Waals surface area contributed by atoms with Crippen molar-refractivity contribution in [2.75, 3.05) is 24.6 Å². The molecule has 1 aliphatic heterocycles. The minimum atomic E-state index is 0. The number of halogens is 1. The third-order valence-electron chi connectivity index (χ3n) is 3.70. The number of amides is 1. The molecule has 1 rings (SSSR count). The van der Waals surface area contributed by atoms with Crippen molar-refractivity contribution in [2.24, 2.45) is 17.6 Å². The predicted molar refractivity (Wildman–Crippen MR) is 87.0 cm³/mol.